The van der Waals surface area contributed by atoms with Crippen LogP contribution in [0.2, 0.25) is 5.02 Å². The summed E-state index contributed by atoms with van der Waals surface area (Å²) in [6, 6.07) is 4.23. The van der Waals surface area contributed by atoms with Crippen LogP contribution in [-0.4, -0.2) is 51.4 Å². The highest BCUT2D eigenvalue weighted by molar-refractivity contribution is 7.89. The van der Waals surface area contributed by atoms with Crippen molar-refractivity contribution in [2.45, 2.75) is 4.90 Å². The number of rotatable bonds is 5. The van der Waals surface area contributed by atoms with E-state index in [2.05, 4.69) is 5.32 Å². The maximum Gasteiger partial charge on any atom is 0.255 e. The molecule has 0 aromatic heterocycles. The fourth-order valence-electron chi connectivity index (χ4n) is 1.98. The first-order valence-corrected chi connectivity index (χ1v) is 8.14. The second kappa shape index (κ2) is 6.61. The molecule has 0 unspecified atom stereocenters. The lowest BCUT2D eigenvalue weighted by atomic mass is 10.3. The molecule has 116 valence electrons. The SMILES string of the molecule is NC(=O)COc1ccc(Cl)cc1S(=O)(=O)N1CCNCC1. The van der Waals surface area contributed by atoms with Gasteiger partial charge in [0.2, 0.25) is 10.0 Å². The quantitative estimate of drug-likeness (QED) is 0.777. The number of nitrogens with zero attached hydrogens (tertiary/aromatic N) is 1. The lowest BCUT2D eigenvalue weighted by Gasteiger charge is -2.27. The summed E-state index contributed by atoms with van der Waals surface area (Å²) in [5, 5.41) is 3.35. The molecule has 0 bridgehead atoms. The van der Waals surface area contributed by atoms with Crippen LogP contribution in [0.1, 0.15) is 0 Å². The highest BCUT2D eigenvalue weighted by atomic mass is 35.5. The van der Waals surface area contributed by atoms with Crippen molar-refractivity contribution in [1.29, 1.82) is 0 Å². The van der Waals surface area contributed by atoms with Gasteiger partial charge < -0.3 is 15.8 Å². The number of primary amides is 1. The van der Waals surface area contributed by atoms with Crippen molar-refractivity contribution in [1.82, 2.24) is 9.62 Å². The molecular formula is C12H16ClN3O4S. The van der Waals surface area contributed by atoms with Gasteiger partial charge in [-0.15, -0.1) is 0 Å². The molecule has 7 nitrogen and oxygen atoms in total. The second-order valence-corrected chi connectivity index (χ2v) is 6.84. The molecule has 0 aliphatic carbocycles. The summed E-state index contributed by atoms with van der Waals surface area (Å²) in [5.74, 6) is -0.618. The number of carbonyl (C=O) groups is 1. The fraction of sp³-hybridized carbons (Fsp3) is 0.417. The third kappa shape index (κ3) is 3.85. The Morgan fingerprint density at radius 2 is 2.05 bits per heavy atom. The van der Waals surface area contributed by atoms with Crippen molar-refractivity contribution in [2.75, 3.05) is 32.8 Å². The number of sulfonamides is 1. The number of amides is 1. The number of nitrogens with two attached hydrogens (primary N) is 1. The van der Waals surface area contributed by atoms with E-state index in [1.807, 2.05) is 0 Å². The largest absolute Gasteiger partial charge is 0.482 e. The first-order chi connectivity index (χ1) is 9.91. The predicted molar refractivity (Wildman–Crippen MR) is 77.8 cm³/mol. The number of ether oxygens (including phenoxy) is 1. The zero-order valence-corrected chi connectivity index (χ0v) is 12.8. The van der Waals surface area contributed by atoms with Gasteiger partial charge in [-0.1, -0.05) is 11.6 Å². The summed E-state index contributed by atoms with van der Waals surface area (Å²) in [5.41, 5.74) is 5.01. The maximum absolute atomic E-state index is 12.6. The number of benzene rings is 1. The number of hydrogen-bond acceptors (Lipinski definition) is 5. The molecular weight excluding hydrogens is 318 g/mol. The van der Waals surface area contributed by atoms with E-state index < -0.39 is 22.5 Å². The molecule has 1 saturated heterocycles. The molecule has 1 amide bonds. The summed E-state index contributed by atoms with van der Waals surface area (Å²) in [4.78, 5) is 10.7. The molecule has 3 N–H and O–H groups in total. The van der Waals surface area contributed by atoms with Gasteiger partial charge in [0.1, 0.15) is 10.6 Å². The third-order valence-corrected chi connectivity index (χ3v) is 5.12. The van der Waals surface area contributed by atoms with Crippen LogP contribution in [-0.2, 0) is 14.8 Å². The Morgan fingerprint density at radius 1 is 1.38 bits per heavy atom. The molecule has 0 radical (unpaired) electrons. The average Bonchev–Trinajstić information content (AvgIpc) is 2.46. The van der Waals surface area contributed by atoms with Gasteiger partial charge in [0.15, 0.2) is 6.61 Å². The molecule has 0 atom stereocenters. The lowest BCUT2D eigenvalue weighted by molar-refractivity contribution is -0.120. The predicted octanol–water partition coefficient (Wildman–Crippen LogP) is -0.202. The van der Waals surface area contributed by atoms with Gasteiger partial charge in [0.25, 0.3) is 5.91 Å². The van der Waals surface area contributed by atoms with Crippen LogP contribution in [0.4, 0.5) is 0 Å². The van der Waals surface area contributed by atoms with Crippen molar-refractivity contribution >= 4 is 27.5 Å². The molecule has 1 aliphatic rings. The van der Waals surface area contributed by atoms with Gasteiger partial charge >= 0.3 is 0 Å². The van der Waals surface area contributed by atoms with E-state index in [4.69, 9.17) is 22.1 Å². The molecule has 9 heteroatoms. The van der Waals surface area contributed by atoms with Crippen molar-refractivity contribution < 1.29 is 17.9 Å². The highest BCUT2D eigenvalue weighted by Gasteiger charge is 2.29. The minimum atomic E-state index is -3.73. The zero-order chi connectivity index (χ0) is 15.5. The van der Waals surface area contributed by atoms with E-state index in [0.717, 1.165) is 0 Å². The first-order valence-electron chi connectivity index (χ1n) is 6.33. The van der Waals surface area contributed by atoms with E-state index >= 15 is 0 Å². The van der Waals surface area contributed by atoms with Gasteiger partial charge in [0, 0.05) is 31.2 Å². The topological polar surface area (TPSA) is 102 Å². The van der Waals surface area contributed by atoms with Gasteiger partial charge in [-0.2, -0.15) is 4.31 Å². The molecule has 1 aliphatic heterocycles. The standard InChI is InChI=1S/C12H16ClN3O4S/c13-9-1-2-10(20-8-12(14)17)11(7-9)21(18,19)16-5-3-15-4-6-16/h1-2,7,15H,3-6,8H2,(H2,14,17). The van der Waals surface area contributed by atoms with Gasteiger partial charge in [0.05, 0.1) is 0 Å². The number of hydrogen-bond donors (Lipinski definition) is 2. The summed E-state index contributed by atoms with van der Waals surface area (Å²) < 4.78 is 31.8. The van der Waals surface area contributed by atoms with Crippen LogP contribution in [0, 0.1) is 0 Å². The number of halogens is 1. The van der Waals surface area contributed by atoms with Crippen molar-refractivity contribution in [3.8, 4) is 5.75 Å². The summed E-state index contributed by atoms with van der Waals surface area (Å²) in [6.07, 6.45) is 0. The molecule has 0 spiro atoms. The molecule has 2 rings (SSSR count). The lowest BCUT2D eigenvalue weighted by Crippen LogP contribution is -2.46. The summed E-state index contributed by atoms with van der Waals surface area (Å²) in [7, 11) is -3.73. The fourth-order valence-corrected chi connectivity index (χ4v) is 3.81. The van der Waals surface area contributed by atoms with Crippen LogP contribution >= 0.6 is 11.6 Å². The van der Waals surface area contributed by atoms with Crippen LogP contribution < -0.4 is 15.8 Å². The number of piperazine rings is 1. The minimum Gasteiger partial charge on any atom is -0.482 e. The van der Waals surface area contributed by atoms with Crippen LogP contribution in [0.3, 0.4) is 0 Å². The van der Waals surface area contributed by atoms with E-state index in [0.29, 0.717) is 26.2 Å². The Morgan fingerprint density at radius 3 is 2.67 bits per heavy atom. The number of nitrogens with one attached hydrogen (secondary N) is 1. The Hall–Kier alpha value is -1.35. The maximum atomic E-state index is 12.6. The molecule has 0 saturated carbocycles. The summed E-state index contributed by atoms with van der Waals surface area (Å²) >= 11 is 5.88. The third-order valence-electron chi connectivity index (χ3n) is 2.97. The molecule has 21 heavy (non-hydrogen) atoms. The molecule has 1 aromatic rings. The van der Waals surface area contributed by atoms with Crippen molar-refractivity contribution in [3.63, 3.8) is 0 Å². The molecule has 1 aromatic carbocycles. The minimum absolute atomic E-state index is 0.0573. The van der Waals surface area contributed by atoms with E-state index in [9.17, 15) is 13.2 Å². The molecule has 1 fully saturated rings. The number of carbonyl (C=O) groups excluding carboxylic acids is 1. The van der Waals surface area contributed by atoms with Gasteiger partial charge in [-0.05, 0) is 18.2 Å². The van der Waals surface area contributed by atoms with Crippen molar-refractivity contribution in [2.24, 2.45) is 5.73 Å². The monoisotopic (exact) mass is 333 g/mol. The van der Waals surface area contributed by atoms with Crippen LogP contribution in [0.5, 0.6) is 5.75 Å². The normalized spacial score (nSPS) is 16.6. The first kappa shape index (κ1) is 16.0. The van der Waals surface area contributed by atoms with Crippen LogP contribution in [0.25, 0.3) is 0 Å². The van der Waals surface area contributed by atoms with Gasteiger partial charge in [-0.3, -0.25) is 4.79 Å². The highest BCUT2D eigenvalue weighted by Crippen LogP contribution is 2.30. The Bertz CT molecular complexity index is 629. The van der Waals surface area contributed by atoms with E-state index in [1.165, 1.54) is 22.5 Å². The van der Waals surface area contributed by atoms with Crippen molar-refractivity contribution in [3.05, 3.63) is 23.2 Å². The van der Waals surface area contributed by atoms with Gasteiger partial charge in [-0.25, -0.2) is 8.42 Å². The Kier molecular flexibility index (Phi) is 5.04. The summed E-state index contributed by atoms with van der Waals surface area (Å²) in [6.45, 7) is 1.49. The smallest absolute Gasteiger partial charge is 0.255 e. The Balaban J connectivity index is 2.35. The molecule has 1 heterocycles. The zero-order valence-electron chi connectivity index (χ0n) is 11.2. The Labute approximate surface area is 128 Å². The second-order valence-electron chi connectivity index (χ2n) is 4.50. The average molecular weight is 334 g/mol. The van der Waals surface area contributed by atoms with E-state index in [-0.39, 0.29) is 15.7 Å². The van der Waals surface area contributed by atoms with Crippen LogP contribution in [0.15, 0.2) is 23.1 Å². The van der Waals surface area contributed by atoms with E-state index in [1.54, 1.807) is 0 Å².